The molecule has 2 aliphatic rings. The van der Waals surface area contributed by atoms with E-state index in [0.717, 1.165) is 25.4 Å². The molecule has 1 saturated heterocycles. The van der Waals surface area contributed by atoms with Crippen LogP contribution in [0.4, 0.5) is 4.79 Å². The van der Waals surface area contributed by atoms with Gasteiger partial charge in [0.1, 0.15) is 11.2 Å². The van der Waals surface area contributed by atoms with Gasteiger partial charge in [-0.3, -0.25) is 24.2 Å². The van der Waals surface area contributed by atoms with Crippen LogP contribution >= 0.6 is 15.9 Å². The molecule has 2 aromatic rings. The monoisotopic (exact) mass is 468 g/mol. The zero-order chi connectivity index (χ0) is 21.6. The van der Waals surface area contributed by atoms with E-state index < -0.39 is 35.1 Å². The number of carbonyl (C=O) groups excluding carboxylic acids is 4. The smallest absolute Gasteiger partial charge is 0.300 e. The van der Waals surface area contributed by atoms with Crippen molar-refractivity contribution in [2.24, 2.45) is 5.41 Å². The molecule has 1 heterocycles. The van der Waals surface area contributed by atoms with Crippen molar-refractivity contribution in [2.45, 2.75) is 24.7 Å². The molecule has 7 heteroatoms. The van der Waals surface area contributed by atoms with Crippen LogP contribution in [0.25, 0.3) is 0 Å². The van der Waals surface area contributed by atoms with E-state index in [1.807, 2.05) is 54.6 Å². The van der Waals surface area contributed by atoms with Gasteiger partial charge in [-0.1, -0.05) is 58.4 Å². The van der Waals surface area contributed by atoms with Gasteiger partial charge in [0.05, 0.1) is 0 Å². The Morgan fingerprint density at radius 3 is 1.90 bits per heavy atom. The summed E-state index contributed by atoms with van der Waals surface area (Å²) in [5.74, 6) is -2.47. The van der Waals surface area contributed by atoms with Crippen LogP contribution in [-0.2, 0) is 14.4 Å². The average molecular weight is 469 g/mol. The number of nitrogens with zero attached hydrogens (tertiary/aromatic N) is 2. The lowest BCUT2D eigenvalue weighted by atomic mass is 9.54. The van der Waals surface area contributed by atoms with Gasteiger partial charge in [-0.2, -0.15) is 0 Å². The van der Waals surface area contributed by atoms with Crippen LogP contribution in [0.15, 0.2) is 59.1 Å². The van der Waals surface area contributed by atoms with Gasteiger partial charge in [0.25, 0.3) is 0 Å². The SMILES string of the molecule is CN1C(=O)N(C)C(=O)C2(C1=O)[C@@H](c1ccccc1)CC(=O)C[C@H]2c1cccc(Br)c1. The van der Waals surface area contributed by atoms with Gasteiger partial charge in [-0.25, -0.2) is 4.79 Å². The Balaban J connectivity index is 2.01. The van der Waals surface area contributed by atoms with Crippen molar-refractivity contribution in [3.8, 4) is 0 Å². The van der Waals surface area contributed by atoms with Crippen LogP contribution in [0, 0.1) is 5.41 Å². The Bertz CT molecular complexity index is 1030. The molecule has 0 radical (unpaired) electrons. The minimum absolute atomic E-state index is 0.0118. The first-order chi connectivity index (χ1) is 14.3. The number of rotatable bonds is 2. The zero-order valence-corrected chi connectivity index (χ0v) is 18.3. The lowest BCUT2D eigenvalue weighted by molar-refractivity contribution is -0.163. The third-order valence-corrected chi connectivity index (χ3v) is 6.80. The van der Waals surface area contributed by atoms with Crippen molar-refractivity contribution in [2.75, 3.05) is 14.1 Å². The van der Waals surface area contributed by atoms with E-state index >= 15 is 0 Å². The highest BCUT2D eigenvalue weighted by atomic mass is 79.9. The number of benzene rings is 2. The minimum Gasteiger partial charge on any atom is -0.300 e. The second-order valence-electron chi connectivity index (χ2n) is 7.90. The van der Waals surface area contributed by atoms with Gasteiger partial charge in [0.2, 0.25) is 11.8 Å². The third-order valence-electron chi connectivity index (χ3n) is 6.31. The Labute approximate surface area is 183 Å². The van der Waals surface area contributed by atoms with Crippen LogP contribution < -0.4 is 0 Å². The number of urea groups is 1. The summed E-state index contributed by atoms with van der Waals surface area (Å²) in [7, 11) is 2.79. The first kappa shape index (κ1) is 20.5. The minimum atomic E-state index is -1.58. The number of carbonyl (C=O) groups is 4. The number of amides is 4. The lowest BCUT2D eigenvalue weighted by Crippen LogP contribution is -2.68. The molecule has 1 saturated carbocycles. The molecule has 1 spiro atoms. The van der Waals surface area contributed by atoms with E-state index in [2.05, 4.69) is 15.9 Å². The number of Topliss-reactive ketones (excluding diaryl/α,β-unsaturated/α-hetero) is 1. The van der Waals surface area contributed by atoms with E-state index in [1.54, 1.807) is 0 Å². The Hall–Kier alpha value is -2.80. The number of halogens is 1. The fourth-order valence-electron chi connectivity index (χ4n) is 4.92. The largest absolute Gasteiger partial charge is 0.332 e. The zero-order valence-electron chi connectivity index (χ0n) is 16.7. The average Bonchev–Trinajstić information content (AvgIpc) is 2.76. The van der Waals surface area contributed by atoms with Crippen LogP contribution in [0.3, 0.4) is 0 Å². The van der Waals surface area contributed by atoms with Crippen molar-refractivity contribution in [1.82, 2.24) is 9.80 Å². The summed E-state index contributed by atoms with van der Waals surface area (Å²) in [5.41, 5.74) is -0.118. The van der Waals surface area contributed by atoms with Gasteiger partial charge in [-0.15, -0.1) is 0 Å². The molecule has 30 heavy (non-hydrogen) atoms. The molecule has 0 bridgehead atoms. The highest BCUT2D eigenvalue weighted by Crippen LogP contribution is 2.57. The summed E-state index contributed by atoms with van der Waals surface area (Å²) in [6.45, 7) is 0. The van der Waals surface area contributed by atoms with Gasteiger partial charge in [0, 0.05) is 43.2 Å². The molecule has 2 fully saturated rings. The number of ketones is 1. The second kappa shape index (κ2) is 7.47. The van der Waals surface area contributed by atoms with Gasteiger partial charge >= 0.3 is 6.03 Å². The van der Waals surface area contributed by atoms with Crippen molar-refractivity contribution in [3.63, 3.8) is 0 Å². The molecular weight excluding hydrogens is 448 g/mol. The molecule has 4 rings (SSSR count). The van der Waals surface area contributed by atoms with Crippen LogP contribution in [0.1, 0.15) is 35.8 Å². The highest BCUT2D eigenvalue weighted by Gasteiger charge is 2.66. The molecular formula is C23H21BrN2O4. The predicted molar refractivity (Wildman–Crippen MR) is 114 cm³/mol. The summed E-state index contributed by atoms with van der Waals surface area (Å²) in [6, 6.07) is 15.8. The number of barbiturate groups is 1. The maximum atomic E-state index is 13.8. The van der Waals surface area contributed by atoms with E-state index in [1.165, 1.54) is 14.1 Å². The van der Waals surface area contributed by atoms with Gasteiger partial charge < -0.3 is 0 Å². The molecule has 2 atom stereocenters. The summed E-state index contributed by atoms with van der Waals surface area (Å²) < 4.78 is 0.790. The molecule has 1 aliphatic carbocycles. The molecule has 6 nitrogen and oxygen atoms in total. The maximum absolute atomic E-state index is 13.8. The quantitative estimate of drug-likeness (QED) is 0.629. The third kappa shape index (κ3) is 2.91. The summed E-state index contributed by atoms with van der Waals surface area (Å²) >= 11 is 3.45. The van der Waals surface area contributed by atoms with Gasteiger partial charge in [-0.05, 0) is 23.3 Å². The highest BCUT2D eigenvalue weighted by molar-refractivity contribution is 9.10. The Kier molecular flexibility index (Phi) is 5.10. The molecule has 4 amide bonds. The number of imide groups is 2. The Morgan fingerprint density at radius 1 is 0.800 bits per heavy atom. The molecule has 0 unspecified atom stereocenters. The van der Waals surface area contributed by atoms with Gasteiger partial charge in [0.15, 0.2) is 0 Å². The Morgan fingerprint density at radius 2 is 1.33 bits per heavy atom. The van der Waals surface area contributed by atoms with Crippen LogP contribution in [0.5, 0.6) is 0 Å². The molecule has 154 valence electrons. The first-order valence-electron chi connectivity index (χ1n) is 9.70. The molecule has 0 N–H and O–H groups in total. The molecule has 2 aromatic carbocycles. The number of hydrogen-bond donors (Lipinski definition) is 0. The van der Waals surface area contributed by atoms with Crippen molar-refractivity contribution < 1.29 is 19.2 Å². The van der Waals surface area contributed by atoms with Crippen molar-refractivity contribution in [1.29, 1.82) is 0 Å². The fourth-order valence-corrected chi connectivity index (χ4v) is 5.33. The van der Waals surface area contributed by atoms with E-state index in [4.69, 9.17) is 0 Å². The maximum Gasteiger partial charge on any atom is 0.332 e. The van der Waals surface area contributed by atoms with E-state index in [9.17, 15) is 19.2 Å². The molecule has 0 aromatic heterocycles. The van der Waals surface area contributed by atoms with E-state index in [0.29, 0.717) is 0 Å². The molecule has 1 aliphatic heterocycles. The summed E-state index contributed by atoms with van der Waals surface area (Å²) in [4.78, 5) is 54.9. The van der Waals surface area contributed by atoms with Crippen molar-refractivity contribution in [3.05, 3.63) is 70.2 Å². The van der Waals surface area contributed by atoms with Crippen LogP contribution in [0.2, 0.25) is 0 Å². The standard InChI is InChI=1S/C23H21BrN2O4/c1-25-20(28)23(21(29)26(2)22(25)30)18(14-7-4-3-5-8-14)12-17(27)13-19(23)15-9-6-10-16(24)11-15/h3-11,18-19H,12-13H2,1-2H3/t18-,19+/m1/s1. The predicted octanol–water partition coefficient (Wildman–Crippen LogP) is 3.72. The van der Waals surface area contributed by atoms with Crippen LogP contribution in [-0.4, -0.2) is 47.5 Å². The second-order valence-corrected chi connectivity index (χ2v) is 8.81. The summed E-state index contributed by atoms with van der Waals surface area (Å²) in [5, 5.41) is 0. The normalized spacial score (nSPS) is 24.0. The van der Waals surface area contributed by atoms with Crippen molar-refractivity contribution >= 4 is 39.6 Å². The van der Waals surface area contributed by atoms with E-state index in [-0.39, 0.29) is 18.6 Å². The number of hydrogen-bond acceptors (Lipinski definition) is 4. The topological polar surface area (TPSA) is 74.8 Å². The first-order valence-corrected chi connectivity index (χ1v) is 10.5. The summed E-state index contributed by atoms with van der Waals surface area (Å²) in [6.07, 6.45) is 0.134. The lowest BCUT2D eigenvalue weighted by Gasteiger charge is -2.51. The fraction of sp³-hybridized carbons (Fsp3) is 0.304.